The van der Waals surface area contributed by atoms with E-state index >= 15 is 0 Å². The van der Waals surface area contributed by atoms with Crippen molar-refractivity contribution in [2.75, 3.05) is 20.3 Å². The Bertz CT molecular complexity index is 353. The van der Waals surface area contributed by atoms with E-state index < -0.39 is 0 Å². The highest BCUT2D eigenvalue weighted by atomic mass is 79.9. The number of hydroxylamine groups is 1. The van der Waals surface area contributed by atoms with Gasteiger partial charge in [-0.3, -0.25) is 4.84 Å². The molecule has 0 amide bonds. The molecule has 1 aliphatic rings. The van der Waals surface area contributed by atoms with Crippen LogP contribution in [-0.2, 0) is 9.57 Å². The summed E-state index contributed by atoms with van der Waals surface area (Å²) in [5.41, 5.74) is 4.49. The van der Waals surface area contributed by atoms with Gasteiger partial charge in [-0.1, -0.05) is 28.1 Å². The average molecular weight is 300 g/mol. The van der Waals surface area contributed by atoms with Crippen molar-refractivity contribution in [1.29, 1.82) is 0 Å². The van der Waals surface area contributed by atoms with Gasteiger partial charge in [0.25, 0.3) is 0 Å². The van der Waals surface area contributed by atoms with Crippen LogP contribution in [-0.4, -0.2) is 26.4 Å². The fourth-order valence-corrected chi connectivity index (χ4v) is 2.47. The molecule has 0 radical (unpaired) electrons. The van der Waals surface area contributed by atoms with Gasteiger partial charge in [0.2, 0.25) is 0 Å². The molecule has 3 nitrogen and oxygen atoms in total. The van der Waals surface area contributed by atoms with Crippen LogP contribution in [0.1, 0.15) is 24.3 Å². The lowest BCUT2D eigenvalue weighted by Crippen LogP contribution is -2.40. The summed E-state index contributed by atoms with van der Waals surface area (Å²) in [6.45, 7) is 1.24. The predicted octanol–water partition coefficient (Wildman–Crippen LogP) is 2.86. The van der Waals surface area contributed by atoms with Crippen LogP contribution in [0.5, 0.6) is 0 Å². The molecule has 0 aromatic heterocycles. The van der Waals surface area contributed by atoms with Gasteiger partial charge in [0.05, 0.1) is 13.2 Å². The molecule has 1 fully saturated rings. The number of nitrogens with one attached hydrogen (secondary N) is 1. The summed E-state index contributed by atoms with van der Waals surface area (Å²) in [5.74, 6) is 0.663. The Morgan fingerprint density at radius 1 is 1.35 bits per heavy atom. The second-order valence-electron chi connectivity index (χ2n) is 4.38. The van der Waals surface area contributed by atoms with Crippen LogP contribution in [0.4, 0.5) is 0 Å². The number of benzene rings is 1. The molecule has 0 spiro atoms. The van der Waals surface area contributed by atoms with Gasteiger partial charge in [0, 0.05) is 17.6 Å². The summed E-state index contributed by atoms with van der Waals surface area (Å²) in [6, 6.07) is 9.03. The molecule has 2 rings (SSSR count). The molecule has 0 aliphatic heterocycles. The number of hydrogen-bond donors (Lipinski definition) is 1. The smallest absolute Gasteiger partial charge is 0.0915 e. The lowest BCUT2D eigenvalue weighted by Gasteiger charge is -2.35. The Kier molecular flexibility index (Phi) is 4.98. The van der Waals surface area contributed by atoms with Gasteiger partial charge in [-0.15, -0.1) is 0 Å². The average Bonchev–Trinajstić information content (AvgIpc) is 2.26. The number of ether oxygens (including phenoxy) is 1. The van der Waals surface area contributed by atoms with E-state index in [2.05, 4.69) is 45.7 Å². The normalized spacial score (nSPS) is 23.4. The van der Waals surface area contributed by atoms with Crippen molar-refractivity contribution in [2.45, 2.75) is 24.8 Å². The van der Waals surface area contributed by atoms with Crippen LogP contribution < -0.4 is 5.48 Å². The minimum atomic E-state index is 0.482. The first-order valence-electron chi connectivity index (χ1n) is 5.91. The van der Waals surface area contributed by atoms with Crippen molar-refractivity contribution in [2.24, 2.45) is 0 Å². The quantitative estimate of drug-likeness (QED) is 0.647. The molecule has 1 saturated carbocycles. The molecule has 1 aromatic rings. The number of methoxy groups -OCH3 is 1. The summed E-state index contributed by atoms with van der Waals surface area (Å²) >= 11 is 3.50. The first kappa shape index (κ1) is 13.0. The maximum Gasteiger partial charge on any atom is 0.0915 e. The fraction of sp³-hybridized carbons (Fsp3) is 0.538. The van der Waals surface area contributed by atoms with Gasteiger partial charge in [-0.2, -0.15) is 5.48 Å². The Morgan fingerprint density at radius 2 is 2.18 bits per heavy atom. The molecular weight excluding hydrogens is 282 g/mol. The van der Waals surface area contributed by atoms with Crippen LogP contribution in [0.2, 0.25) is 0 Å². The van der Waals surface area contributed by atoms with Gasteiger partial charge in [0.15, 0.2) is 0 Å². The highest BCUT2D eigenvalue weighted by Gasteiger charge is 2.30. The van der Waals surface area contributed by atoms with Crippen molar-refractivity contribution in [3.05, 3.63) is 34.3 Å². The lowest BCUT2D eigenvalue weighted by atomic mass is 9.76. The van der Waals surface area contributed by atoms with Crippen molar-refractivity contribution in [3.63, 3.8) is 0 Å². The van der Waals surface area contributed by atoms with Crippen molar-refractivity contribution in [1.82, 2.24) is 5.48 Å². The third-order valence-corrected chi connectivity index (χ3v) is 3.59. The second kappa shape index (κ2) is 6.50. The zero-order valence-electron chi connectivity index (χ0n) is 9.99. The first-order chi connectivity index (χ1) is 8.29. The Morgan fingerprint density at radius 3 is 2.88 bits per heavy atom. The zero-order valence-corrected chi connectivity index (χ0v) is 11.6. The Labute approximate surface area is 111 Å². The molecule has 0 heterocycles. The Balaban J connectivity index is 1.68. The summed E-state index contributed by atoms with van der Waals surface area (Å²) < 4.78 is 6.06. The largest absolute Gasteiger partial charge is 0.382 e. The molecule has 0 unspecified atom stereocenters. The van der Waals surface area contributed by atoms with Crippen LogP contribution in [0, 0.1) is 0 Å². The predicted molar refractivity (Wildman–Crippen MR) is 70.9 cm³/mol. The molecular formula is C13H18BrNO2. The molecule has 0 bridgehead atoms. The van der Waals surface area contributed by atoms with Crippen molar-refractivity contribution >= 4 is 15.9 Å². The standard InChI is InChI=1S/C13H18BrNO2/c1-16-5-6-17-15-13-8-11(9-13)10-3-2-4-12(14)7-10/h2-4,7,11,13,15H,5-6,8-9H2,1H3. The van der Waals surface area contributed by atoms with E-state index in [1.165, 1.54) is 5.56 Å². The van der Waals surface area contributed by atoms with Gasteiger partial charge < -0.3 is 4.74 Å². The van der Waals surface area contributed by atoms with Crippen LogP contribution >= 0.6 is 15.9 Å². The highest BCUT2D eigenvalue weighted by molar-refractivity contribution is 9.10. The topological polar surface area (TPSA) is 30.5 Å². The maximum absolute atomic E-state index is 5.30. The van der Waals surface area contributed by atoms with E-state index in [1.54, 1.807) is 7.11 Å². The molecule has 0 atom stereocenters. The van der Waals surface area contributed by atoms with Crippen molar-refractivity contribution < 1.29 is 9.57 Å². The monoisotopic (exact) mass is 299 g/mol. The Hall–Kier alpha value is -0.420. The van der Waals surface area contributed by atoms with E-state index in [0.717, 1.165) is 17.3 Å². The highest BCUT2D eigenvalue weighted by Crippen LogP contribution is 2.37. The van der Waals surface area contributed by atoms with Gasteiger partial charge in [-0.25, -0.2) is 0 Å². The first-order valence-corrected chi connectivity index (χ1v) is 6.70. The maximum atomic E-state index is 5.30. The van der Waals surface area contributed by atoms with E-state index in [9.17, 15) is 0 Å². The molecule has 1 aromatic carbocycles. The third kappa shape index (κ3) is 3.78. The summed E-state index contributed by atoms with van der Waals surface area (Å²) in [7, 11) is 1.68. The van der Waals surface area contributed by atoms with E-state index in [1.807, 2.05) is 0 Å². The minimum Gasteiger partial charge on any atom is -0.382 e. The molecule has 0 saturated heterocycles. The minimum absolute atomic E-state index is 0.482. The van der Waals surface area contributed by atoms with Gasteiger partial charge >= 0.3 is 0 Å². The molecule has 94 valence electrons. The van der Waals surface area contributed by atoms with Gasteiger partial charge in [-0.05, 0) is 36.5 Å². The third-order valence-electron chi connectivity index (χ3n) is 3.10. The molecule has 1 N–H and O–H groups in total. The van der Waals surface area contributed by atoms with E-state index in [-0.39, 0.29) is 0 Å². The molecule has 1 aliphatic carbocycles. The van der Waals surface area contributed by atoms with Crippen LogP contribution in [0.3, 0.4) is 0 Å². The zero-order chi connectivity index (χ0) is 12.1. The SMILES string of the molecule is COCCONC1CC(c2cccc(Br)c2)C1. The molecule has 17 heavy (non-hydrogen) atoms. The number of hydrogen-bond acceptors (Lipinski definition) is 3. The van der Waals surface area contributed by atoms with Crippen LogP contribution in [0.15, 0.2) is 28.7 Å². The summed E-state index contributed by atoms with van der Waals surface area (Å²) in [6.07, 6.45) is 2.28. The number of rotatable bonds is 6. The van der Waals surface area contributed by atoms with E-state index in [0.29, 0.717) is 25.2 Å². The fourth-order valence-electron chi connectivity index (χ4n) is 2.05. The summed E-state index contributed by atoms with van der Waals surface area (Å²) in [4.78, 5) is 5.30. The van der Waals surface area contributed by atoms with Crippen molar-refractivity contribution in [3.8, 4) is 0 Å². The molecule has 4 heteroatoms. The number of halogens is 1. The van der Waals surface area contributed by atoms with Crippen LogP contribution in [0.25, 0.3) is 0 Å². The summed E-state index contributed by atoms with van der Waals surface area (Å²) in [5, 5.41) is 0. The van der Waals surface area contributed by atoms with E-state index in [4.69, 9.17) is 9.57 Å². The van der Waals surface area contributed by atoms with Gasteiger partial charge in [0.1, 0.15) is 0 Å². The second-order valence-corrected chi connectivity index (χ2v) is 5.30. The lowest BCUT2D eigenvalue weighted by molar-refractivity contribution is -0.0303.